The molecule has 39 heavy (non-hydrogen) atoms. The maximum Gasteiger partial charge on any atom is 0.146 e. The summed E-state index contributed by atoms with van der Waals surface area (Å²) < 4.78 is 0. The van der Waals surface area contributed by atoms with E-state index in [0.29, 0.717) is 44.6 Å². The van der Waals surface area contributed by atoms with Crippen molar-refractivity contribution < 1.29 is 10.2 Å². The highest BCUT2D eigenvalue weighted by molar-refractivity contribution is 5.76. The smallest absolute Gasteiger partial charge is 0.146 e. The van der Waals surface area contributed by atoms with E-state index in [1.54, 1.807) is 32.1 Å². The van der Waals surface area contributed by atoms with Crippen molar-refractivity contribution >= 4 is 33.5 Å². The van der Waals surface area contributed by atoms with Crippen LogP contribution in [-0.2, 0) is 0 Å². The van der Waals surface area contributed by atoms with E-state index in [1.807, 2.05) is 76.2 Å². The first-order chi connectivity index (χ1) is 19.0. The van der Waals surface area contributed by atoms with E-state index in [-0.39, 0.29) is 17.9 Å². The summed E-state index contributed by atoms with van der Waals surface area (Å²) in [4.78, 5) is 2.74. The first-order valence-corrected chi connectivity index (χ1v) is 13.1. The van der Waals surface area contributed by atoms with E-state index in [0.717, 1.165) is 0 Å². The minimum absolute atomic E-state index is 0.0435. The van der Waals surface area contributed by atoms with Crippen LogP contribution in [0.25, 0.3) is 33.5 Å². The van der Waals surface area contributed by atoms with Gasteiger partial charge in [0.15, 0.2) is 0 Å². The summed E-state index contributed by atoms with van der Waals surface area (Å²) >= 11 is 0. The Morgan fingerprint density at radius 3 is 1.49 bits per heavy atom. The van der Waals surface area contributed by atoms with Crippen molar-refractivity contribution in [3.8, 4) is 0 Å². The number of hydrogen-bond acceptors (Lipinski definition) is 6. The van der Waals surface area contributed by atoms with Crippen LogP contribution >= 0.6 is 0 Å². The van der Waals surface area contributed by atoms with Crippen molar-refractivity contribution in [2.75, 3.05) is 0 Å². The molecule has 0 aliphatic carbocycles. The molecule has 0 spiro atoms. The summed E-state index contributed by atoms with van der Waals surface area (Å²) in [6, 6.07) is 14.9. The molecule has 0 unspecified atom stereocenters. The largest absolute Gasteiger partial charge is 0.505 e. The average Bonchev–Trinajstić information content (AvgIpc) is 3.61. The van der Waals surface area contributed by atoms with E-state index in [9.17, 15) is 10.2 Å². The molecule has 0 radical (unpaired) electrons. The molecule has 2 aromatic heterocycles. The van der Waals surface area contributed by atoms with Gasteiger partial charge in [-0.15, -0.1) is 30.0 Å². The average molecular weight is 527 g/mol. The maximum absolute atomic E-state index is 11.1. The second-order valence-electron chi connectivity index (χ2n) is 7.64. The molecule has 2 aromatic carbocycles. The van der Waals surface area contributed by atoms with Gasteiger partial charge in [-0.2, -0.15) is 0 Å². The van der Waals surface area contributed by atoms with Gasteiger partial charge in [0.25, 0.3) is 0 Å². The third-order valence-electron chi connectivity index (χ3n) is 5.54. The van der Waals surface area contributed by atoms with Gasteiger partial charge in [-0.1, -0.05) is 83.3 Å². The highest BCUT2D eigenvalue weighted by atomic mass is 16.3. The number of aliphatic hydroxyl groups excluding tert-OH is 2. The number of rotatable bonds is 8. The molecule has 0 fully saturated rings. The third kappa shape index (κ3) is 6.78. The minimum Gasteiger partial charge on any atom is -0.505 e. The molecule has 2 N–H and O–H groups in total. The van der Waals surface area contributed by atoms with Gasteiger partial charge in [0.2, 0.25) is 0 Å². The van der Waals surface area contributed by atoms with E-state index >= 15 is 0 Å². The topological polar surface area (TPSA) is 102 Å². The van der Waals surface area contributed by atoms with Crippen LogP contribution in [0.2, 0.25) is 0 Å². The standard InChI is InChI=1S/C27H26N6O2.2C2H6/c1-5-18(26(34)24(7-3)32-28-20-13-9-10-14-21(20)29-32)17-19(6-2)27(35)25(8-4)33-30-22-15-11-12-16-23(22)31-33;2*1-2/h5-16,34-35H,1,4,17H2,2-3H3;2*1-2H3/b19-6-,24-7+,26-18-,27-25-;;. The first-order valence-electron chi connectivity index (χ1n) is 13.1. The summed E-state index contributed by atoms with van der Waals surface area (Å²) in [6.07, 6.45) is 6.71. The Bertz CT molecular complexity index is 1480. The van der Waals surface area contributed by atoms with Crippen LogP contribution in [0.4, 0.5) is 0 Å². The van der Waals surface area contributed by atoms with Crippen molar-refractivity contribution in [1.82, 2.24) is 30.0 Å². The monoisotopic (exact) mass is 526 g/mol. The fourth-order valence-corrected chi connectivity index (χ4v) is 3.66. The Balaban J connectivity index is 0.00000127. The summed E-state index contributed by atoms with van der Waals surface area (Å²) in [5.74, 6) is -0.0991. The zero-order valence-corrected chi connectivity index (χ0v) is 23.6. The van der Waals surface area contributed by atoms with Crippen molar-refractivity contribution in [3.63, 3.8) is 0 Å². The van der Waals surface area contributed by atoms with Gasteiger partial charge in [-0.25, -0.2) is 0 Å². The highest BCUT2D eigenvalue weighted by Gasteiger charge is 2.18. The normalized spacial score (nSPS) is 13.0. The van der Waals surface area contributed by atoms with E-state index in [2.05, 4.69) is 33.6 Å². The summed E-state index contributed by atoms with van der Waals surface area (Å²) in [5, 5.41) is 40.1. The van der Waals surface area contributed by atoms with Gasteiger partial charge >= 0.3 is 0 Å². The lowest BCUT2D eigenvalue weighted by Crippen LogP contribution is -2.08. The molecule has 0 saturated carbocycles. The molecule has 0 aliphatic heterocycles. The first kappa shape index (κ1) is 30.5. The van der Waals surface area contributed by atoms with Crippen LogP contribution in [-0.4, -0.2) is 40.2 Å². The molecule has 0 amide bonds. The van der Waals surface area contributed by atoms with Crippen LogP contribution in [0.5, 0.6) is 0 Å². The van der Waals surface area contributed by atoms with Gasteiger partial charge in [0.05, 0.1) is 0 Å². The predicted molar refractivity (Wildman–Crippen MR) is 162 cm³/mol. The summed E-state index contributed by atoms with van der Waals surface area (Å²) in [7, 11) is 0. The molecule has 0 bridgehead atoms. The van der Waals surface area contributed by atoms with Crippen LogP contribution in [0, 0.1) is 0 Å². The van der Waals surface area contributed by atoms with Crippen molar-refractivity contribution in [2.24, 2.45) is 0 Å². The molecule has 8 nitrogen and oxygen atoms in total. The van der Waals surface area contributed by atoms with E-state index in [4.69, 9.17) is 0 Å². The quantitative estimate of drug-likeness (QED) is 0.178. The van der Waals surface area contributed by atoms with Gasteiger partial charge in [-0.3, -0.25) is 0 Å². The molecule has 0 aliphatic rings. The molecule has 204 valence electrons. The van der Waals surface area contributed by atoms with Gasteiger partial charge in [0, 0.05) is 12.0 Å². The minimum atomic E-state index is -0.0556. The lowest BCUT2D eigenvalue weighted by atomic mass is 10.00. The number of fused-ring (bicyclic) bond motifs is 2. The Labute approximate surface area is 230 Å². The second-order valence-corrected chi connectivity index (χ2v) is 7.64. The zero-order chi connectivity index (χ0) is 28.9. The van der Waals surface area contributed by atoms with E-state index < -0.39 is 0 Å². The van der Waals surface area contributed by atoms with Gasteiger partial charge in [0.1, 0.15) is 45.0 Å². The Kier molecular flexibility index (Phi) is 11.6. The predicted octanol–water partition coefficient (Wildman–Crippen LogP) is 8.04. The molecular weight excluding hydrogens is 488 g/mol. The fraction of sp³-hybridized carbons (Fsp3) is 0.226. The molecule has 0 saturated heterocycles. The van der Waals surface area contributed by atoms with Crippen molar-refractivity contribution in [3.05, 3.63) is 109 Å². The van der Waals surface area contributed by atoms with Crippen molar-refractivity contribution in [2.45, 2.75) is 48.0 Å². The molecule has 2 heterocycles. The Morgan fingerprint density at radius 1 is 0.692 bits per heavy atom. The van der Waals surface area contributed by atoms with Crippen LogP contribution in [0.3, 0.4) is 0 Å². The Hall–Kier alpha value is -4.72. The summed E-state index contributed by atoms with van der Waals surface area (Å²) in [5.41, 5.74) is 4.57. The second kappa shape index (κ2) is 14.9. The number of aliphatic hydroxyl groups is 2. The van der Waals surface area contributed by atoms with Crippen LogP contribution in [0.1, 0.15) is 48.0 Å². The fourth-order valence-electron chi connectivity index (χ4n) is 3.66. The molecule has 4 aromatic rings. The number of hydrogen-bond donors (Lipinski definition) is 2. The third-order valence-corrected chi connectivity index (χ3v) is 5.54. The van der Waals surface area contributed by atoms with Crippen LogP contribution in [0.15, 0.2) is 109 Å². The Morgan fingerprint density at radius 2 is 1.13 bits per heavy atom. The zero-order valence-electron chi connectivity index (χ0n) is 23.6. The SMILES string of the molecule is C=C/C(=C(O)\C(=C/C)C/C(C=C)=C(O)/C(=C\C)n1nc2ccccc2n1)n1nc2ccccc2n1.CC.CC. The number of benzene rings is 2. The van der Waals surface area contributed by atoms with E-state index in [1.165, 1.54) is 15.7 Å². The van der Waals surface area contributed by atoms with Gasteiger partial charge < -0.3 is 10.2 Å². The molecule has 8 heteroatoms. The number of allylic oxidation sites excluding steroid dienone is 8. The van der Waals surface area contributed by atoms with Gasteiger partial charge in [-0.05, 0) is 49.8 Å². The van der Waals surface area contributed by atoms with Crippen molar-refractivity contribution in [1.29, 1.82) is 0 Å². The lowest BCUT2D eigenvalue weighted by molar-refractivity contribution is 0.412. The van der Waals surface area contributed by atoms with Crippen LogP contribution < -0.4 is 0 Å². The maximum atomic E-state index is 11.1. The molecular formula is C31H38N6O2. The number of aromatic nitrogens is 6. The molecule has 0 atom stereocenters. The summed E-state index contributed by atoms with van der Waals surface area (Å²) in [6.45, 7) is 19.3. The molecule has 4 rings (SSSR count). The lowest BCUT2D eigenvalue weighted by Gasteiger charge is -2.13. The number of nitrogens with zero attached hydrogens (tertiary/aromatic N) is 6. The highest BCUT2D eigenvalue weighted by Crippen LogP contribution is 2.28.